The molecule has 0 aliphatic heterocycles. The number of pyridine rings is 3. The quantitative estimate of drug-likeness (QED) is 0.560. The molecule has 24 heavy (non-hydrogen) atoms. The maximum Gasteiger partial charge on any atom is 2.00 e. The third kappa shape index (κ3) is 6.38. The number of rotatable bonds is 6. The first-order valence-electron chi connectivity index (χ1n) is 7.32. The van der Waals surface area contributed by atoms with Crippen molar-refractivity contribution in [3.05, 3.63) is 90.3 Å². The Morgan fingerprint density at radius 1 is 0.583 bits per heavy atom. The molecule has 0 aliphatic rings. The molecule has 0 aliphatic carbocycles. The maximum atomic E-state index is 4.42. The van der Waals surface area contributed by atoms with E-state index < -0.39 is 0 Å². The SMILES string of the molecule is [Cl-].[Cu+2].c1ccc(CN(Cc2ccccn2)Cc2ccccn2)nc1. The molecule has 6 heteroatoms. The maximum absolute atomic E-state index is 4.42. The molecule has 3 aromatic heterocycles. The first-order chi connectivity index (χ1) is 10.9. The van der Waals surface area contributed by atoms with Gasteiger partial charge >= 0.3 is 17.1 Å². The summed E-state index contributed by atoms with van der Waals surface area (Å²) < 4.78 is 0. The van der Waals surface area contributed by atoms with Crippen molar-refractivity contribution in [1.29, 1.82) is 0 Å². The molecule has 127 valence electrons. The van der Waals surface area contributed by atoms with Crippen LogP contribution in [0, 0.1) is 0 Å². The summed E-state index contributed by atoms with van der Waals surface area (Å²) in [5.74, 6) is 0. The number of aromatic nitrogens is 3. The summed E-state index contributed by atoms with van der Waals surface area (Å²) in [7, 11) is 0. The van der Waals surface area contributed by atoms with Crippen LogP contribution in [0.3, 0.4) is 0 Å². The standard InChI is InChI=1S/C18H18N4.ClH.Cu/c1-4-10-19-16(7-1)13-22(14-17-8-2-5-11-20-17)15-18-9-3-6-12-21-18;;/h1-12H,13-15H2;1H;/q;;+2/p-1. The Morgan fingerprint density at radius 2 is 0.917 bits per heavy atom. The number of hydrogen-bond acceptors (Lipinski definition) is 4. The van der Waals surface area contributed by atoms with Gasteiger partial charge in [-0.25, -0.2) is 0 Å². The van der Waals surface area contributed by atoms with Gasteiger partial charge < -0.3 is 12.4 Å². The molecule has 0 amide bonds. The second kappa shape index (κ2) is 10.9. The number of halogens is 1. The molecule has 0 N–H and O–H groups in total. The van der Waals surface area contributed by atoms with Crippen LogP contribution in [0.5, 0.6) is 0 Å². The van der Waals surface area contributed by atoms with Crippen molar-refractivity contribution in [2.24, 2.45) is 0 Å². The molecule has 0 spiro atoms. The topological polar surface area (TPSA) is 41.9 Å². The molecule has 3 rings (SSSR count). The Bertz CT molecular complexity index is 584. The fourth-order valence-corrected chi connectivity index (χ4v) is 2.33. The van der Waals surface area contributed by atoms with Crippen molar-refractivity contribution < 1.29 is 29.5 Å². The molecule has 3 aromatic rings. The van der Waals surface area contributed by atoms with Gasteiger partial charge in [0.1, 0.15) is 0 Å². The third-order valence-electron chi connectivity index (χ3n) is 3.34. The zero-order chi connectivity index (χ0) is 15.0. The Kier molecular flexibility index (Phi) is 9.20. The Balaban J connectivity index is 0.00000144. The van der Waals surface area contributed by atoms with E-state index in [2.05, 4.69) is 19.9 Å². The summed E-state index contributed by atoms with van der Waals surface area (Å²) in [6.45, 7) is 2.32. The molecule has 0 saturated carbocycles. The van der Waals surface area contributed by atoms with Crippen molar-refractivity contribution in [1.82, 2.24) is 19.9 Å². The fraction of sp³-hybridized carbons (Fsp3) is 0.167. The predicted molar refractivity (Wildman–Crippen MR) is 85.7 cm³/mol. The zero-order valence-electron chi connectivity index (χ0n) is 13.0. The van der Waals surface area contributed by atoms with E-state index >= 15 is 0 Å². The first-order valence-corrected chi connectivity index (χ1v) is 7.32. The second-order valence-electron chi connectivity index (χ2n) is 5.11. The number of hydrogen-bond donors (Lipinski definition) is 0. The van der Waals surface area contributed by atoms with E-state index in [9.17, 15) is 0 Å². The summed E-state index contributed by atoms with van der Waals surface area (Å²) in [5.41, 5.74) is 3.15. The van der Waals surface area contributed by atoms with Crippen molar-refractivity contribution >= 4 is 0 Å². The van der Waals surface area contributed by atoms with Gasteiger partial charge in [0.15, 0.2) is 0 Å². The van der Waals surface area contributed by atoms with E-state index in [1.54, 1.807) is 0 Å². The van der Waals surface area contributed by atoms with Crippen LogP contribution in [0.2, 0.25) is 0 Å². The van der Waals surface area contributed by atoms with E-state index in [0.717, 1.165) is 36.7 Å². The minimum atomic E-state index is 0. The van der Waals surface area contributed by atoms with E-state index in [4.69, 9.17) is 0 Å². The molecule has 0 fully saturated rings. The molecule has 0 saturated heterocycles. The van der Waals surface area contributed by atoms with Gasteiger partial charge in [0.25, 0.3) is 0 Å². The molecule has 3 heterocycles. The van der Waals surface area contributed by atoms with Crippen LogP contribution in [0.1, 0.15) is 17.1 Å². The van der Waals surface area contributed by atoms with Crippen LogP contribution in [-0.4, -0.2) is 19.9 Å². The summed E-state index contributed by atoms with van der Waals surface area (Å²) in [4.78, 5) is 15.6. The van der Waals surface area contributed by atoms with Crippen LogP contribution in [0.4, 0.5) is 0 Å². The average Bonchev–Trinajstić information content (AvgIpc) is 2.57. The Morgan fingerprint density at radius 3 is 1.17 bits per heavy atom. The molecular weight excluding hydrogens is 371 g/mol. The summed E-state index contributed by atoms with van der Waals surface area (Å²) in [5, 5.41) is 0. The van der Waals surface area contributed by atoms with E-state index in [1.165, 1.54) is 0 Å². The van der Waals surface area contributed by atoms with Crippen LogP contribution in [0.25, 0.3) is 0 Å². The van der Waals surface area contributed by atoms with Crippen molar-refractivity contribution in [3.63, 3.8) is 0 Å². The third-order valence-corrected chi connectivity index (χ3v) is 3.34. The molecule has 0 atom stereocenters. The summed E-state index contributed by atoms with van der Waals surface area (Å²) in [6, 6.07) is 18.0. The van der Waals surface area contributed by atoms with Gasteiger partial charge in [-0.05, 0) is 36.4 Å². The molecule has 4 nitrogen and oxygen atoms in total. The van der Waals surface area contributed by atoms with Crippen LogP contribution < -0.4 is 12.4 Å². The minimum Gasteiger partial charge on any atom is -1.00 e. The molecule has 0 bridgehead atoms. The van der Waals surface area contributed by atoms with E-state index in [-0.39, 0.29) is 29.5 Å². The number of nitrogens with zero attached hydrogens (tertiary/aromatic N) is 4. The fourth-order valence-electron chi connectivity index (χ4n) is 2.33. The Labute approximate surface area is 159 Å². The zero-order valence-corrected chi connectivity index (χ0v) is 14.7. The van der Waals surface area contributed by atoms with Crippen molar-refractivity contribution in [2.75, 3.05) is 0 Å². The van der Waals surface area contributed by atoms with Gasteiger partial charge in [-0.15, -0.1) is 0 Å². The van der Waals surface area contributed by atoms with E-state index in [1.807, 2.05) is 73.2 Å². The van der Waals surface area contributed by atoms with Crippen molar-refractivity contribution in [2.45, 2.75) is 19.6 Å². The molecule has 0 aromatic carbocycles. The van der Waals surface area contributed by atoms with Crippen LogP contribution in [-0.2, 0) is 36.7 Å². The van der Waals surface area contributed by atoms with Crippen LogP contribution >= 0.6 is 0 Å². The largest absolute Gasteiger partial charge is 2.00 e. The van der Waals surface area contributed by atoms with E-state index in [0.29, 0.717) is 0 Å². The van der Waals surface area contributed by atoms with Gasteiger partial charge in [0.05, 0.1) is 17.1 Å². The molecule has 0 unspecified atom stereocenters. The van der Waals surface area contributed by atoms with Gasteiger partial charge in [0, 0.05) is 38.2 Å². The Hall–Kier alpha value is -1.78. The molecular formula is C18H18ClCuN4+. The van der Waals surface area contributed by atoms with Gasteiger partial charge in [-0.2, -0.15) is 0 Å². The monoisotopic (exact) mass is 388 g/mol. The summed E-state index contributed by atoms with van der Waals surface area (Å²) >= 11 is 0. The molecule has 1 radical (unpaired) electrons. The van der Waals surface area contributed by atoms with Crippen LogP contribution in [0.15, 0.2) is 73.2 Å². The second-order valence-corrected chi connectivity index (χ2v) is 5.11. The van der Waals surface area contributed by atoms with Crippen molar-refractivity contribution in [3.8, 4) is 0 Å². The van der Waals surface area contributed by atoms with Gasteiger partial charge in [-0.1, -0.05) is 18.2 Å². The predicted octanol–water partition coefficient (Wildman–Crippen LogP) is 0.0755. The smallest absolute Gasteiger partial charge is 1.00 e. The average molecular weight is 389 g/mol. The minimum absolute atomic E-state index is 0. The first kappa shape index (κ1) is 20.3. The van der Waals surface area contributed by atoms with Gasteiger partial charge in [0.2, 0.25) is 0 Å². The summed E-state index contributed by atoms with van der Waals surface area (Å²) in [6.07, 6.45) is 5.49. The van der Waals surface area contributed by atoms with Gasteiger partial charge in [-0.3, -0.25) is 19.9 Å². The normalized spacial score (nSPS) is 9.88.